The van der Waals surface area contributed by atoms with Gasteiger partial charge in [0.2, 0.25) is 11.9 Å². The minimum absolute atomic E-state index is 0.00618. The Labute approximate surface area is 114 Å². The molecule has 0 radical (unpaired) electrons. The van der Waals surface area contributed by atoms with Gasteiger partial charge >= 0.3 is 12.2 Å². The molecular weight excluding hydrogens is 275 g/mol. The van der Waals surface area contributed by atoms with E-state index in [1.807, 2.05) is 6.92 Å². The molecular formula is C11H16F3N5O. The highest BCUT2D eigenvalue weighted by Crippen LogP contribution is 2.50. The lowest BCUT2D eigenvalue weighted by Crippen LogP contribution is -2.39. The normalized spacial score (nSPS) is 16.6. The van der Waals surface area contributed by atoms with Crippen LogP contribution < -0.4 is 15.4 Å². The van der Waals surface area contributed by atoms with Crippen molar-refractivity contribution < 1.29 is 17.9 Å². The van der Waals surface area contributed by atoms with Crippen molar-refractivity contribution in [2.45, 2.75) is 37.9 Å². The number of nitrogens with zero attached hydrogens (tertiary/aromatic N) is 3. The summed E-state index contributed by atoms with van der Waals surface area (Å²) in [7, 11) is 1.57. The zero-order chi connectivity index (χ0) is 14.8. The second-order valence-electron chi connectivity index (χ2n) is 4.57. The number of rotatable bonds is 6. The molecule has 9 heteroatoms. The molecule has 20 heavy (non-hydrogen) atoms. The fourth-order valence-corrected chi connectivity index (χ4v) is 1.60. The van der Waals surface area contributed by atoms with Crippen LogP contribution in [0.2, 0.25) is 0 Å². The predicted octanol–water partition coefficient (Wildman–Crippen LogP) is 2.21. The van der Waals surface area contributed by atoms with E-state index < -0.39 is 11.7 Å². The minimum atomic E-state index is -4.33. The lowest BCUT2D eigenvalue weighted by molar-refractivity contribution is -0.151. The summed E-state index contributed by atoms with van der Waals surface area (Å²) in [4.78, 5) is 11.7. The van der Waals surface area contributed by atoms with E-state index in [4.69, 9.17) is 4.74 Å². The molecule has 112 valence electrons. The molecule has 1 aromatic rings. The molecule has 1 saturated carbocycles. The lowest BCUT2D eigenvalue weighted by atomic mass is 10.3. The van der Waals surface area contributed by atoms with Crippen LogP contribution in [-0.4, -0.2) is 40.3 Å². The highest BCUT2D eigenvalue weighted by Gasteiger charge is 2.64. The third-order valence-corrected chi connectivity index (χ3v) is 2.92. The monoisotopic (exact) mass is 291 g/mol. The molecule has 0 bridgehead atoms. The molecule has 0 atom stereocenters. The first-order chi connectivity index (χ1) is 9.40. The standard InChI is InChI=1S/C11H16F3N5O/c1-3-6-20-9-17-7(15-2)16-8(18-9)19-10(4-5-10)11(12,13)14/h3-6H2,1-2H3,(H2,15,16,17,18,19). The Morgan fingerprint density at radius 1 is 1.20 bits per heavy atom. The molecule has 1 heterocycles. The molecule has 2 N–H and O–H groups in total. The quantitative estimate of drug-likeness (QED) is 0.837. The van der Waals surface area contributed by atoms with Crippen LogP contribution in [0.3, 0.4) is 0 Å². The van der Waals surface area contributed by atoms with E-state index in [1.54, 1.807) is 7.05 Å². The molecule has 1 aliphatic rings. The third-order valence-electron chi connectivity index (χ3n) is 2.92. The zero-order valence-electron chi connectivity index (χ0n) is 11.2. The van der Waals surface area contributed by atoms with Gasteiger partial charge in [0.25, 0.3) is 0 Å². The van der Waals surface area contributed by atoms with Gasteiger partial charge in [-0.05, 0) is 19.3 Å². The number of alkyl halides is 3. The van der Waals surface area contributed by atoms with Crippen molar-refractivity contribution in [2.24, 2.45) is 0 Å². The topological polar surface area (TPSA) is 72.0 Å². The fourth-order valence-electron chi connectivity index (χ4n) is 1.60. The predicted molar refractivity (Wildman–Crippen MR) is 66.8 cm³/mol. The van der Waals surface area contributed by atoms with Crippen molar-refractivity contribution >= 4 is 11.9 Å². The van der Waals surface area contributed by atoms with E-state index in [2.05, 4.69) is 25.6 Å². The summed E-state index contributed by atoms with van der Waals surface area (Å²) in [5, 5.41) is 5.02. The first-order valence-electron chi connectivity index (χ1n) is 6.32. The molecule has 6 nitrogen and oxygen atoms in total. The molecule has 0 saturated heterocycles. The Balaban J connectivity index is 2.19. The smallest absolute Gasteiger partial charge is 0.411 e. The second kappa shape index (κ2) is 5.29. The van der Waals surface area contributed by atoms with Crippen LogP contribution in [0.1, 0.15) is 26.2 Å². The van der Waals surface area contributed by atoms with E-state index in [9.17, 15) is 13.2 Å². The van der Waals surface area contributed by atoms with Crippen LogP contribution >= 0.6 is 0 Å². The summed E-state index contributed by atoms with van der Waals surface area (Å²) in [5.74, 6) is 0.0249. The van der Waals surface area contributed by atoms with Crippen LogP contribution in [-0.2, 0) is 0 Å². The molecule has 1 aromatic heterocycles. The zero-order valence-corrected chi connectivity index (χ0v) is 11.2. The molecule has 0 aliphatic heterocycles. The SMILES string of the molecule is CCCOc1nc(NC)nc(NC2(C(F)(F)F)CC2)n1. The number of nitrogens with one attached hydrogen (secondary N) is 2. The van der Waals surface area contributed by atoms with Gasteiger partial charge in [0.05, 0.1) is 6.61 Å². The maximum Gasteiger partial charge on any atom is 0.411 e. The number of halogens is 3. The van der Waals surface area contributed by atoms with E-state index in [1.165, 1.54) is 0 Å². The maximum absolute atomic E-state index is 12.9. The van der Waals surface area contributed by atoms with Crippen LogP contribution in [0.25, 0.3) is 0 Å². The van der Waals surface area contributed by atoms with Crippen LogP contribution in [0.15, 0.2) is 0 Å². The van der Waals surface area contributed by atoms with Crippen molar-refractivity contribution in [3.05, 3.63) is 0 Å². The van der Waals surface area contributed by atoms with Crippen molar-refractivity contribution in [1.82, 2.24) is 15.0 Å². The molecule has 0 aromatic carbocycles. The summed E-state index contributed by atoms with van der Waals surface area (Å²) < 4.78 is 43.9. The van der Waals surface area contributed by atoms with Gasteiger partial charge < -0.3 is 15.4 Å². The minimum Gasteiger partial charge on any atom is -0.463 e. The first-order valence-corrected chi connectivity index (χ1v) is 6.32. The number of ether oxygens (including phenoxy) is 1. The largest absolute Gasteiger partial charge is 0.463 e. The Hall–Kier alpha value is -1.80. The molecule has 1 aliphatic carbocycles. The molecule has 0 unspecified atom stereocenters. The maximum atomic E-state index is 12.9. The van der Waals surface area contributed by atoms with E-state index in [-0.39, 0.29) is 30.7 Å². The second-order valence-corrected chi connectivity index (χ2v) is 4.57. The highest BCUT2D eigenvalue weighted by atomic mass is 19.4. The molecule has 0 spiro atoms. The summed E-state index contributed by atoms with van der Waals surface area (Å²) >= 11 is 0. The fraction of sp³-hybridized carbons (Fsp3) is 0.727. The summed E-state index contributed by atoms with van der Waals surface area (Å²) in [5.41, 5.74) is -1.92. The average Bonchev–Trinajstić information content (AvgIpc) is 3.16. The molecule has 2 rings (SSSR count). The molecule has 0 amide bonds. The summed E-state index contributed by atoms with van der Waals surface area (Å²) in [6, 6.07) is 0.00618. The lowest BCUT2D eigenvalue weighted by Gasteiger charge is -2.20. The van der Waals surface area contributed by atoms with E-state index in [0.29, 0.717) is 6.61 Å². The van der Waals surface area contributed by atoms with Crippen LogP contribution in [0.4, 0.5) is 25.1 Å². The van der Waals surface area contributed by atoms with Crippen LogP contribution in [0.5, 0.6) is 6.01 Å². The van der Waals surface area contributed by atoms with Gasteiger partial charge in [0.1, 0.15) is 5.54 Å². The van der Waals surface area contributed by atoms with Crippen molar-refractivity contribution in [3.8, 4) is 6.01 Å². The van der Waals surface area contributed by atoms with Gasteiger partial charge in [0.15, 0.2) is 0 Å². The van der Waals surface area contributed by atoms with Gasteiger partial charge in [-0.2, -0.15) is 28.1 Å². The van der Waals surface area contributed by atoms with Gasteiger partial charge in [-0.15, -0.1) is 0 Å². The van der Waals surface area contributed by atoms with Gasteiger partial charge in [-0.1, -0.05) is 6.92 Å². The van der Waals surface area contributed by atoms with Gasteiger partial charge in [-0.25, -0.2) is 0 Å². The third kappa shape index (κ3) is 3.02. The van der Waals surface area contributed by atoms with Crippen molar-refractivity contribution in [2.75, 3.05) is 24.3 Å². The van der Waals surface area contributed by atoms with E-state index in [0.717, 1.165) is 6.42 Å². The van der Waals surface area contributed by atoms with Crippen LogP contribution in [0, 0.1) is 0 Å². The summed E-state index contributed by atoms with van der Waals surface area (Å²) in [6.45, 7) is 2.29. The Bertz CT molecular complexity index is 476. The van der Waals surface area contributed by atoms with Gasteiger partial charge in [-0.3, -0.25) is 0 Å². The van der Waals surface area contributed by atoms with Crippen molar-refractivity contribution in [1.29, 1.82) is 0 Å². The molecule has 1 fully saturated rings. The number of hydrogen-bond acceptors (Lipinski definition) is 6. The van der Waals surface area contributed by atoms with Gasteiger partial charge in [0, 0.05) is 7.05 Å². The average molecular weight is 291 g/mol. The Morgan fingerprint density at radius 3 is 2.35 bits per heavy atom. The number of aromatic nitrogens is 3. The Kier molecular flexibility index (Phi) is 3.87. The summed E-state index contributed by atoms with van der Waals surface area (Å²) in [6.07, 6.45) is -3.55. The number of anilines is 2. The first kappa shape index (κ1) is 14.6. The van der Waals surface area contributed by atoms with Crippen molar-refractivity contribution in [3.63, 3.8) is 0 Å². The van der Waals surface area contributed by atoms with E-state index >= 15 is 0 Å². The number of hydrogen-bond donors (Lipinski definition) is 2. The Morgan fingerprint density at radius 2 is 1.85 bits per heavy atom. The highest BCUT2D eigenvalue weighted by molar-refractivity contribution is 5.40.